The topological polar surface area (TPSA) is 60.9 Å². The Balaban J connectivity index is 2.48. The average Bonchev–Trinajstić information content (AvgIpc) is 2.61. The number of hydrogen-bond acceptors (Lipinski definition) is 3. The third-order valence-electron chi connectivity index (χ3n) is 3.00. The summed E-state index contributed by atoms with van der Waals surface area (Å²) in [6, 6.07) is 0. The van der Waals surface area contributed by atoms with Gasteiger partial charge in [0, 0.05) is 38.6 Å². The van der Waals surface area contributed by atoms with E-state index < -0.39 is 0 Å². The number of aliphatic hydroxyl groups is 1. The van der Waals surface area contributed by atoms with E-state index in [1.807, 2.05) is 13.8 Å². The molecule has 1 rings (SSSR count). The van der Waals surface area contributed by atoms with Crippen LogP contribution in [0.4, 0.5) is 0 Å². The fourth-order valence-electron chi connectivity index (χ4n) is 1.97. The van der Waals surface area contributed by atoms with Crippen molar-refractivity contribution in [1.82, 2.24) is 9.80 Å². The van der Waals surface area contributed by atoms with Gasteiger partial charge in [-0.3, -0.25) is 9.59 Å². The summed E-state index contributed by atoms with van der Waals surface area (Å²) in [4.78, 5) is 26.5. The molecule has 1 aliphatic rings. The van der Waals surface area contributed by atoms with Gasteiger partial charge in [0.05, 0.1) is 6.54 Å². The summed E-state index contributed by atoms with van der Waals surface area (Å²) in [5, 5.41) is 8.96. The number of nitrogens with zero attached hydrogens (tertiary/aromatic N) is 2. The average molecular weight is 228 g/mol. The van der Waals surface area contributed by atoms with Gasteiger partial charge in [0.2, 0.25) is 11.8 Å². The first-order valence-electron chi connectivity index (χ1n) is 5.78. The van der Waals surface area contributed by atoms with Crippen LogP contribution in [0.2, 0.25) is 0 Å². The van der Waals surface area contributed by atoms with Crippen LogP contribution in [0, 0.1) is 5.92 Å². The molecule has 2 amide bonds. The molecule has 92 valence electrons. The number of hydrogen-bond donors (Lipinski definition) is 1. The molecule has 0 radical (unpaired) electrons. The standard InChI is InChI=1S/C11H20N2O3/c1-3-12(4-2)11(16)7-13-6-9(8-14)5-10(13)15/h9,14H,3-8H2,1-2H3. The molecule has 16 heavy (non-hydrogen) atoms. The molecule has 1 fully saturated rings. The molecule has 1 saturated heterocycles. The van der Waals surface area contributed by atoms with Crippen molar-refractivity contribution in [3.05, 3.63) is 0 Å². The van der Waals surface area contributed by atoms with E-state index in [0.717, 1.165) is 0 Å². The third-order valence-corrected chi connectivity index (χ3v) is 3.00. The van der Waals surface area contributed by atoms with E-state index in [1.165, 1.54) is 0 Å². The molecule has 0 aromatic heterocycles. The van der Waals surface area contributed by atoms with E-state index in [4.69, 9.17) is 5.11 Å². The Hall–Kier alpha value is -1.10. The predicted molar refractivity (Wildman–Crippen MR) is 59.7 cm³/mol. The number of carbonyl (C=O) groups excluding carboxylic acids is 2. The van der Waals surface area contributed by atoms with Gasteiger partial charge in [-0.25, -0.2) is 0 Å². The van der Waals surface area contributed by atoms with E-state index in [1.54, 1.807) is 9.80 Å². The van der Waals surface area contributed by atoms with Gasteiger partial charge in [0.15, 0.2) is 0 Å². The van der Waals surface area contributed by atoms with E-state index in [0.29, 0.717) is 26.1 Å². The number of likely N-dealkylation sites (N-methyl/N-ethyl adjacent to an activating group) is 1. The molecule has 0 spiro atoms. The summed E-state index contributed by atoms with van der Waals surface area (Å²) >= 11 is 0. The van der Waals surface area contributed by atoms with E-state index >= 15 is 0 Å². The van der Waals surface area contributed by atoms with Crippen LogP contribution in [0.5, 0.6) is 0 Å². The molecule has 1 aliphatic heterocycles. The first kappa shape index (κ1) is 13.0. The largest absolute Gasteiger partial charge is 0.396 e. The minimum Gasteiger partial charge on any atom is -0.396 e. The summed E-state index contributed by atoms with van der Waals surface area (Å²) < 4.78 is 0. The molecular weight excluding hydrogens is 208 g/mol. The monoisotopic (exact) mass is 228 g/mol. The van der Waals surface area contributed by atoms with Gasteiger partial charge in [-0.15, -0.1) is 0 Å². The second-order valence-corrected chi connectivity index (χ2v) is 4.09. The van der Waals surface area contributed by atoms with Crippen LogP contribution >= 0.6 is 0 Å². The van der Waals surface area contributed by atoms with Crippen molar-refractivity contribution >= 4 is 11.8 Å². The van der Waals surface area contributed by atoms with Gasteiger partial charge in [-0.1, -0.05) is 0 Å². The fourth-order valence-corrected chi connectivity index (χ4v) is 1.97. The molecule has 5 heteroatoms. The lowest BCUT2D eigenvalue weighted by molar-refractivity contribution is -0.138. The molecule has 0 saturated carbocycles. The van der Waals surface area contributed by atoms with Crippen LogP contribution in [0.3, 0.4) is 0 Å². The second-order valence-electron chi connectivity index (χ2n) is 4.09. The molecule has 1 heterocycles. The molecular formula is C11H20N2O3. The van der Waals surface area contributed by atoms with Crippen molar-refractivity contribution in [2.45, 2.75) is 20.3 Å². The number of rotatable bonds is 5. The maximum Gasteiger partial charge on any atom is 0.242 e. The quantitative estimate of drug-likeness (QED) is 0.702. The highest BCUT2D eigenvalue weighted by molar-refractivity contribution is 5.86. The van der Waals surface area contributed by atoms with Crippen molar-refractivity contribution in [3.63, 3.8) is 0 Å². The van der Waals surface area contributed by atoms with Crippen molar-refractivity contribution in [2.24, 2.45) is 5.92 Å². The number of carbonyl (C=O) groups is 2. The van der Waals surface area contributed by atoms with Gasteiger partial charge in [-0.05, 0) is 13.8 Å². The summed E-state index contributed by atoms with van der Waals surface area (Å²) in [7, 11) is 0. The van der Waals surface area contributed by atoms with Crippen molar-refractivity contribution in [3.8, 4) is 0 Å². The Kier molecular flexibility index (Phi) is 4.73. The normalized spacial score (nSPS) is 20.3. The minimum atomic E-state index is -0.0282. The maximum absolute atomic E-state index is 11.8. The lowest BCUT2D eigenvalue weighted by atomic mass is 10.1. The van der Waals surface area contributed by atoms with E-state index in [-0.39, 0.29) is 30.9 Å². The second kappa shape index (κ2) is 5.84. The Morgan fingerprint density at radius 3 is 2.56 bits per heavy atom. The first-order valence-corrected chi connectivity index (χ1v) is 5.78. The molecule has 1 unspecified atom stereocenters. The van der Waals surface area contributed by atoms with Crippen LogP contribution < -0.4 is 0 Å². The van der Waals surface area contributed by atoms with Crippen LogP contribution in [0.25, 0.3) is 0 Å². The lowest BCUT2D eigenvalue weighted by Crippen LogP contribution is -2.40. The number of likely N-dealkylation sites (tertiary alicyclic amines) is 1. The third kappa shape index (κ3) is 2.95. The maximum atomic E-state index is 11.8. The van der Waals surface area contributed by atoms with Gasteiger partial charge in [0.25, 0.3) is 0 Å². The van der Waals surface area contributed by atoms with Gasteiger partial charge >= 0.3 is 0 Å². The fraction of sp³-hybridized carbons (Fsp3) is 0.818. The molecule has 0 aromatic rings. The zero-order valence-corrected chi connectivity index (χ0v) is 9.98. The zero-order chi connectivity index (χ0) is 12.1. The van der Waals surface area contributed by atoms with Crippen molar-refractivity contribution in [2.75, 3.05) is 32.8 Å². The Morgan fingerprint density at radius 1 is 1.50 bits per heavy atom. The van der Waals surface area contributed by atoms with Gasteiger partial charge in [-0.2, -0.15) is 0 Å². The number of aliphatic hydroxyl groups excluding tert-OH is 1. The van der Waals surface area contributed by atoms with Crippen molar-refractivity contribution in [1.29, 1.82) is 0 Å². The molecule has 0 aromatic carbocycles. The molecule has 0 bridgehead atoms. The summed E-state index contributed by atoms with van der Waals surface area (Å²) in [5.74, 6) is -0.0477. The predicted octanol–water partition coefficient (Wildman–Crippen LogP) is -0.304. The Bertz CT molecular complexity index is 264. The summed E-state index contributed by atoms with van der Waals surface area (Å²) in [5.41, 5.74) is 0. The van der Waals surface area contributed by atoms with E-state index in [2.05, 4.69) is 0 Å². The lowest BCUT2D eigenvalue weighted by Gasteiger charge is -2.22. The zero-order valence-electron chi connectivity index (χ0n) is 9.98. The highest BCUT2D eigenvalue weighted by atomic mass is 16.3. The first-order chi connectivity index (χ1) is 7.62. The summed E-state index contributed by atoms with van der Waals surface area (Å²) in [6.45, 7) is 5.84. The van der Waals surface area contributed by atoms with Crippen LogP contribution in [-0.2, 0) is 9.59 Å². The molecule has 0 aliphatic carbocycles. The molecule has 5 nitrogen and oxygen atoms in total. The van der Waals surface area contributed by atoms with Crippen molar-refractivity contribution < 1.29 is 14.7 Å². The molecule has 1 atom stereocenters. The van der Waals surface area contributed by atoms with Crippen LogP contribution in [-0.4, -0.2) is 59.5 Å². The minimum absolute atomic E-state index is 0.00277. The van der Waals surface area contributed by atoms with Gasteiger partial charge < -0.3 is 14.9 Å². The van der Waals surface area contributed by atoms with Crippen LogP contribution in [0.1, 0.15) is 20.3 Å². The SMILES string of the molecule is CCN(CC)C(=O)CN1CC(CO)CC1=O. The van der Waals surface area contributed by atoms with E-state index in [9.17, 15) is 9.59 Å². The highest BCUT2D eigenvalue weighted by Gasteiger charge is 2.30. The molecule has 1 N–H and O–H groups in total. The highest BCUT2D eigenvalue weighted by Crippen LogP contribution is 2.16. The summed E-state index contributed by atoms with van der Waals surface area (Å²) in [6.07, 6.45) is 0.363. The van der Waals surface area contributed by atoms with Crippen LogP contribution in [0.15, 0.2) is 0 Å². The Labute approximate surface area is 96.0 Å². The van der Waals surface area contributed by atoms with Gasteiger partial charge in [0.1, 0.15) is 0 Å². The smallest absolute Gasteiger partial charge is 0.242 e. The Morgan fingerprint density at radius 2 is 2.12 bits per heavy atom. The number of amides is 2.